The summed E-state index contributed by atoms with van der Waals surface area (Å²) in [5, 5.41) is 15.4. The molecule has 1 atom stereocenters. The predicted octanol–water partition coefficient (Wildman–Crippen LogP) is 2.84. The third-order valence-corrected chi connectivity index (χ3v) is 4.39. The second-order valence-corrected chi connectivity index (χ2v) is 6.35. The highest BCUT2D eigenvalue weighted by molar-refractivity contribution is 5.97. The molecule has 0 saturated heterocycles. The summed E-state index contributed by atoms with van der Waals surface area (Å²) in [5.74, 6) is 0.157. The summed E-state index contributed by atoms with van der Waals surface area (Å²) in [5.41, 5.74) is 7.91. The minimum absolute atomic E-state index is 0.157. The lowest BCUT2D eigenvalue weighted by Crippen LogP contribution is -2.43. The fourth-order valence-electron chi connectivity index (χ4n) is 3.01. The van der Waals surface area contributed by atoms with E-state index in [0.29, 0.717) is 11.5 Å². The van der Waals surface area contributed by atoms with E-state index in [9.17, 15) is 0 Å². The Morgan fingerprint density at radius 3 is 2.95 bits per heavy atom. The quantitative estimate of drug-likeness (QED) is 0.342. The number of nitrogens with one attached hydrogen (secondary N) is 1. The van der Waals surface area contributed by atoms with E-state index in [2.05, 4.69) is 30.4 Å². The lowest BCUT2D eigenvalue weighted by molar-refractivity contribution is 0.167. The molecule has 0 radical (unpaired) electrons. The first-order chi connectivity index (χ1) is 9.53. The van der Waals surface area contributed by atoms with Crippen LogP contribution in [0.2, 0.25) is 0 Å². The molecule has 2 rings (SSSR count). The van der Waals surface area contributed by atoms with Gasteiger partial charge in [0.25, 0.3) is 0 Å². The summed E-state index contributed by atoms with van der Waals surface area (Å²) in [6.45, 7) is 5.51. The Balaban J connectivity index is 2.00. The van der Waals surface area contributed by atoms with Gasteiger partial charge in [0.15, 0.2) is 5.84 Å². The molecule has 1 aliphatic carbocycles. The Morgan fingerprint density at radius 2 is 2.25 bits per heavy atom. The van der Waals surface area contributed by atoms with Crippen LogP contribution < -0.4 is 11.1 Å². The summed E-state index contributed by atoms with van der Waals surface area (Å²) in [6, 6.07) is 8.39. The van der Waals surface area contributed by atoms with Crippen molar-refractivity contribution in [3.05, 3.63) is 35.4 Å². The van der Waals surface area contributed by atoms with Crippen molar-refractivity contribution in [2.24, 2.45) is 16.3 Å². The first-order valence-corrected chi connectivity index (χ1v) is 7.33. The van der Waals surface area contributed by atoms with Crippen LogP contribution in [0.1, 0.15) is 50.7 Å². The molecule has 1 aromatic rings. The zero-order chi connectivity index (χ0) is 14.6. The van der Waals surface area contributed by atoms with Gasteiger partial charge in [-0.2, -0.15) is 0 Å². The van der Waals surface area contributed by atoms with Gasteiger partial charge in [0, 0.05) is 18.2 Å². The molecule has 1 aromatic carbocycles. The average Bonchev–Trinajstić information content (AvgIpc) is 2.45. The molecule has 0 amide bonds. The zero-order valence-electron chi connectivity index (χ0n) is 12.4. The van der Waals surface area contributed by atoms with Crippen LogP contribution in [0.3, 0.4) is 0 Å². The molecule has 4 heteroatoms. The van der Waals surface area contributed by atoms with Crippen molar-refractivity contribution in [1.82, 2.24) is 5.32 Å². The van der Waals surface area contributed by atoms with Crippen molar-refractivity contribution >= 4 is 5.84 Å². The van der Waals surface area contributed by atoms with Crippen LogP contribution in [0.4, 0.5) is 0 Å². The SMILES string of the molecule is CC1(C)CCCCC1NCc1cccc(C(N)=NO)c1. The van der Waals surface area contributed by atoms with Crippen LogP contribution in [0.25, 0.3) is 0 Å². The summed E-state index contributed by atoms with van der Waals surface area (Å²) >= 11 is 0. The molecule has 110 valence electrons. The van der Waals surface area contributed by atoms with E-state index >= 15 is 0 Å². The Labute approximate surface area is 121 Å². The van der Waals surface area contributed by atoms with E-state index in [1.54, 1.807) is 0 Å². The number of hydrogen-bond acceptors (Lipinski definition) is 3. The summed E-state index contributed by atoms with van der Waals surface area (Å²) in [6.07, 6.45) is 5.18. The highest BCUT2D eigenvalue weighted by Gasteiger charge is 2.31. The minimum atomic E-state index is 0.157. The van der Waals surface area contributed by atoms with Crippen LogP contribution in [-0.2, 0) is 6.54 Å². The van der Waals surface area contributed by atoms with Crippen LogP contribution in [0.15, 0.2) is 29.4 Å². The molecule has 0 bridgehead atoms. The van der Waals surface area contributed by atoms with Gasteiger partial charge >= 0.3 is 0 Å². The first kappa shape index (κ1) is 14.9. The summed E-state index contributed by atoms with van der Waals surface area (Å²) in [7, 11) is 0. The van der Waals surface area contributed by atoms with E-state index in [1.807, 2.05) is 18.2 Å². The normalized spacial score (nSPS) is 22.7. The van der Waals surface area contributed by atoms with Crippen molar-refractivity contribution < 1.29 is 5.21 Å². The zero-order valence-corrected chi connectivity index (χ0v) is 12.4. The van der Waals surface area contributed by atoms with Gasteiger partial charge in [-0.25, -0.2) is 0 Å². The van der Waals surface area contributed by atoms with Crippen LogP contribution in [0, 0.1) is 5.41 Å². The number of hydrogen-bond donors (Lipinski definition) is 3. The smallest absolute Gasteiger partial charge is 0.170 e. The van der Waals surface area contributed by atoms with Gasteiger partial charge in [-0.3, -0.25) is 0 Å². The van der Waals surface area contributed by atoms with Gasteiger partial charge in [-0.1, -0.05) is 50.0 Å². The fraction of sp³-hybridized carbons (Fsp3) is 0.562. The Kier molecular flexibility index (Phi) is 4.65. The molecule has 1 unspecified atom stereocenters. The van der Waals surface area contributed by atoms with Crippen molar-refractivity contribution in [3.63, 3.8) is 0 Å². The maximum atomic E-state index is 8.73. The largest absolute Gasteiger partial charge is 0.409 e. The molecule has 0 aromatic heterocycles. The second-order valence-electron chi connectivity index (χ2n) is 6.35. The number of rotatable bonds is 4. The molecule has 1 fully saturated rings. The van der Waals surface area contributed by atoms with Crippen molar-refractivity contribution in [3.8, 4) is 0 Å². The minimum Gasteiger partial charge on any atom is -0.409 e. The lowest BCUT2D eigenvalue weighted by Gasteiger charge is -2.39. The fourth-order valence-corrected chi connectivity index (χ4v) is 3.01. The highest BCUT2D eigenvalue weighted by atomic mass is 16.4. The number of benzene rings is 1. The topological polar surface area (TPSA) is 70.6 Å². The van der Waals surface area contributed by atoms with Gasteiger partial charge < -0.3 is 16.3 Å². The van der Waals surface area contributed by atoms with Crippen molar-refractivity contribution in [2.75, 3.05) is 0 Å². The highest BCUT2D eigenvalue weighted by Crippen LogP contribution is 2.35. The van der Waals surface area contributed by atoms with E-state index in [-0.39, 0.29) is 5.84 Å². The van der Waals surface area contributed by atoms with Crippen LogP contribution >= 0.6 is 0 Å². The molecule has 1 aliphatic rings. The van der Waals surface area contributed by atoms with Gasteiger partial charge in [0.1, 0.15) is 0 Å². The van der Waals surface area contributed by atoms with Crippen molar-refractivity contribution in [1.29, 1.82) is 0 Å². The molecular formula is C16H25N3O. The maximum Gasteiger partial charge on any atom is 0.170 e. The molecule has 0 heterocycles. The second kappa shape index (κ2) is 6.27. The number of oxime groups is 1. The molecule has 0 spiro atoms. The standard InChI is InChI=1S/C16H25N3O/c1-16(2)9-4-3-8-14(16)18-11-12-6-5-7-13(10-12)15(17)19-20/h5-7,10,14,18,20H,3-4,8-9,11H2,1-2H3,(H2,17,19). The number of nitrogens with zero attached hydrogens (tertiary/aromatic N) is 1. The average molecular weight is 275 g/mol. The van der Waals surface area contributed by atoms with Gasteiger partial charge in [-0.05, 0) is 29.9 Å². The monoisotopic (exact) mass is 275 g/mol. The first-order valence-electron chi connectivity index (χ1n) is 7.33. The summed E-state index contributed by atoms with van der Waals surface area (Å²) in [4.78, 5) is 0. The number of nitrogens with two attached hydrogens (primary N) is 1. The van der Waals surface area contributed by atoms with E-state index < -0.39 is 0 Å². The van der Waals surface area contributed by atoms with Gasteiger partial charge in [0.05, 0.1) is 0 Å². The van der Waals surface area contributed by atoms with Gasteiger partial charge in [0.2, 0.25) is 0 Å². The third-order valence-electron chi connectivity index (χ3n) is 4.39. The molecule has 0 aliphatic heterocycles. The Hall–Kier alpha value is -1.55. The van der Waals surface area contributed by atoms with Crippen molar-refractivity contribution in [2.45, 2.75) is 52.1 Å². The lowest BCUT2D eigenvalue weighted by atomic mass is 9.73. The van der Waals surface area contributed by atoms with E-state index in [4.69, 9.17) is 10.9 Å². The van der Waals surface area contributed by atoms with Gasteiger partial charge in [-0.15, -0.1) is 0 Å². The third kappa shape index (κ3) is 3.51. The molecule has 1 saturated carbocycles. The summed E-state index contributed by atoms with van der Waals surface area (Å²) < 4.78 is 0. The predicted molar refractivity (Wildman–Crippen MR) is 81.8 cm³/mol. The molecular weight excluding hydrogens is 250 g/mol. The molecule has 20 heavy (non-hydrogen) atoms. The van der Waals surface area contributed by atoms with E-state index in [0.717, 1.165) is 17.7 Å². The molecule has 4 N–H and O–H groups in total. The molecule has 4 nitrogen and oxygen atoms in total. The Bertz CT molecular complexity index is 482. The Morgan fingerprint density at radius 1 is 1.45 bits per heavy atom. The van der Waals surface area contributed by atoms with Crippen LogP contribution in [-0.4, -0.2) is 17.1 Å². The number of amidine groups is 1. The maximum absolute atomic E-state index is 8.73. The van der Waals surface area contributed by atoms with E-state index in [1.165, 1.54) is 25.7 Å². The van der Waals surface area contributed by atoms with Crippen LogP contribution in [0.5, 0.6) is 0 Å².